The molecule has 0 aliphatic rings. The molecule has 7 rings (SSSR count). The van der Waals surface area contributed by atoms with Crippen LogP contribution in [0.25, 0.3) is 55.2 Å². The van der Waals surface area contributed by atoms with Crippen molar-refractivity contribution in [2.24, 2.45) is 5.41 Å². The third kappa shape index (κ3) is 6.62. The Morgan fingerprint density at radius 3 is 2.28 bits per heavy atom. The predicted molar refractivity (Wildman–Crippen MR) is 175 cm³/mol. The monoisotopic (exact) mass is 801 g/mol. The van der Waals surface area contributed by atoms with Crippen molar-refractivity contribution < 1.29 is 48.7 Å². The van der Waals surface area contributed by atoms with E-state index in [2.05, 4.69) is 22.1 Å². The van der Waals surface area contributed by atoms with Crippen LogP contribution < -0.4 is 0 Å². The molecule has 0 N–H and O–H groups in total. The molecule has 4 aromatic carbocycles. The second-order valence-corrected chi connectivity index (χ2v) is 10.9. The van der Waals surface area contributed by atoms with E-state index in [4.69, 9.17) is 15.4 Å². The zero-order valence-electron chi connectivity index (χ0n) is 32.6. The largest absolute Gasteiger partial charge is 0.500 e. The molecule has 46 heavy (non-hydrogen) atoms. The Bertz CT molecular complexity index is 2430. The maximum atomic E-state index is 13.9. The molecular formula is C39H31F3IrN2O-2. The number of benzene rings is 4. The molecule has 0 atom stereocenters. The molecular weight excluding hydrogens is 762 g/mol. The topological polar surface area (TPSA) is 38.9 Å². The van der Waals surface area contributed by atoms with Gasteiger partial charge in [0.05, 0.1) is 11.0 Å². The molecule has 3 aromatic heterocycles. The third-order valence-electron chi connectivity index (χ3n) is 7.39. The van der Waals surface area contributed by atoms with Gasteiger partial charge in [-0.05, 0) is 53.5 Å². The van der Waals surface area contributed by atoms with Crippen LogP contribution >= 0.6 is 0 Å². The number of fused-ring (bicyclic) bond motifs is 5. The summed E-state index contributed by atoms with van der Waals surface area (Å²) >= 11 is 0. The van der Waals surface area contributed by atoms with Gasteiger partial charge < -0.3 is 14.4 Å². The van der Waals surface area contributed by atoms with Crippen molar-refractivity contribution >= 4 is 32.7 Å². The minimum atomic E-state index is -4.95. The maximum absolute atomic E-state index is 13.9. The molecule has 0 bridgehead atoms. The quantitative estimate of drug-likeness (QED) is 0.167. The van der Waals surface area contributed by atoms with Gasteiger partial charge in [0.25, 0.3) is 0 Å². The molecule has 0 saturated heterocycles. The molecule has 0 spiro atoms. The van der Waals surface area contributed by atoms with Crippen LogP contribution in [-0.2, 0) is 26.5 Å². The second-order valence-electron chi connectivity index (χ2n) is 10.9. The fourth-order valence-corrected chi connectivity index (χ4v) is 4.87. The van der Waals surface area contributed by atoms with Gasteiger partial charge in [-0.25, -0.2) is 0 Å². The van der Waals surface area contributed by atoms with Crippen molar-refractivity contribution in [1.82, 2.24) is 9.97 Å². The minimum absolute atomic E-state index is 0. The van der Waals surface area contributed by atoms with Gasteiger partial charge in [-0.3, -0.25) is 0 Å². The first-order chi connectivity index (χ1) is 24.7. The van der Waals surface area contributed by atoms with Crippen LogP contribution in [0.4, 0.5) is 13.2 Å². The van der Waals surface area contributed by atoms with Crippen LogP contribution in [0, 0.1) is 31.3 Å². The molecule has 3 heterocycles. The second kappa shape index (κ2) is 13.2. The van der Waals surface area contributed by atoms with Crippen LogP contribution in [0.5, 0.6) is 0 Å². The number of aromatic nitrogens is 2. The van der Waals surface area contributed by atoms with Gasteiger partial charge in [0, 0.05) is 54.2 Å². The summed E-state index contributed by atoms with van der Waals surface area (Å²) in [5.41, 5.74) is -0.914. The van der Waals surface area contributed by atoms with Gasteiger partial charge in [-0.1, -0.05) is 79.4 Å². The van der Waals surface area contributed by atoms with Crippen LogP contribution in [0.1, 0.15) is 41.5 Å². The molecule has 235 valence electrons. The third-order valence-corrected chi connectivity index (χ3v) is 7.39. The van der Waals surface area contributed by atoms with Gasteiger partial charge in [-0.2, -0.15) is 13.2 Å². The van der Waals surface area contributed by atoms with E-state index in [1.165, 1.54) is 6.20 Å². The Morgan fingerprint density at radius 1 is 0.783 bits per heavy atom. The molecule has 0 unspecified atom stereocenters. The van der Waals surface area contributed by atoms with Crippen molar-refractivity contribution in [2.45, 2.75) is 40.1 Å². The average molecular weight is 801 g/mol. The van der Waals surface area contributed by atoms with E-state index >= 15 is 0 Å². The van der Waals surface area contributed by atoms with E-state index in [1.807, 2.05) is 54.6 Å². The molecule has 0 fully saturated rings. The van der Waals surface area contributed by atoms with Gasteiger partial charge in [-0.15, -0.1) is 54.1 Å². The Balaban J connectivity index is 0.000000276. The van der Waals surface area contributed by atoms with E-state index in [0.717, 1.165) is 45.1 Å². The number of aryl methyl sites for hydroxylation is 2. The molecule has 0 aliphatic heterocycles. The summed E-state index contributed by atoms with van der Waals surface area (Å²) in [7, 11) is 0. The molecule has 7 aromatic rings. The first-order valence-corrected chi connectivity index (χ1v) is 14.0. The standard InChI is InChI=1S/C27H21F3NO.C12H10N.Ir/c1-16-15-31-23(13-18(16)14-26(2,3)27(28,29)30)22-10-6-9-20-21-12-11-17-7-4-5-8-19(17)24(21)32-25(20)22;1-10-7-8-12(13-9-10)11-5-3-2-4-6-11;/h4-9,11-13,15H,14H2,1-3H3;2-5,7-9H,1H3;/q2*-1;/i1D3,14D2;1D3;. The summed E-state index contributed by atoms with van der Waals surface area (Å²) in [5.74, 6) is 0. The van der Waals surface area contributed by atoms with Gasteiger partial charge >= 0.3 is 6.18 Å². The minimum Gasteiger partial charge on any atom is -0.500 e. The number of hydrogen-bond donors (Lipinski definition) is 0. The first kappa shape index (κ1) is 23.9. The normalized spacial score (nSPS) is 15.2. The van der Waals surface area contributed by atoms with E-state index < -0.39 is 42.8 Å². The molecule has 3 nitrogen and oxygen atoms in total. The SMILES string of the molecule is [2H]C([2H])([2H])c1ccc(-c2[c-]cccc2)nc1.[2H]C([2H])([2H])c1cnc(-c2[c-]ccc3c2oc2c4ccccc4ccc32)cc1C([2H])([2H])C(C)(C)C(F)(F)F.[Ir]. The number of halogens is 3. The van der Waals surface area contributed by atoms with Crippen LogP contribution in [-0.4, -0.2) is 16.1 Å². The molecule has 0 saturated carbocycles. The summed E-state index contributed by atoms with van der Waals surface area (Å²) in [6.45, 7) is -3.54. The Kier molecular flexibility index (Phi) is 6.86. The van der Waals surface area contributed by atoms with E-state index in [9.17, 15) is 13.2 Å². The maximum Gasteiger partial charge on any atom is 0.394 e. The summed E-state index contributed by atoms with van der Waals surface area (Å²) < 4.78 is 110. The van der Waals surface area contributed by atoms with Crippen molar-refractivity contribution in [3.8, 4) is 22.5 Å². The van der Waals surface area contributed by atoms with Crippen molar-refractivity contribution in [1.29, 1.82) is 0 Å². The number of furan rings is 1. The predicted octanol–water partition coefficient (Wildman–Crippen LogP) is 10.9. The zero-order valence-corrected chi connectivity index (χ0v) is 27.0. The number of alkyl halides is 3. The Hall–Kier alpha value is -4.32. The zero-order chi connectivity index (χ0) is 38.6. The summed E-state index contributed by atoms with van der Waals surface area (Å²) in [6.07, 6.45) is -5.72. The van der Waals surface area contributed by atoms with Crippen LogP contribution in [0.15, 0.2) is 108 Å². The van der Waals surface area contributed by atoms with Crippen LogP contribution in [0.3, 0.4) is 0 Å². The average Bonchev–Trinajstić information content (AvgIpc) is 3.50. The fourth-order valence-electron chi connectivity index (χ4n) is 4.87. The number of hydrogen-bond acceptors (Lipinski definition) is 3. The molecule has 0 amide bonds. The van der Waals surface area contributed by atoms with Crippen molar-refractivity contribution in [3.63, 3.8) is 0 Å². The van der Waals surface area contributed by atoms with E-state index in [0.29, 0.717) is 25.0 Å². The van der Waals surface area contributed by atoms with Crippen LogP contribution in [0.2, 0.25) is 0 Å². The number of nitrogens with zero attached hydrogens (tertiary/aromatic N) is 2. The summed E-state index contributed by atoms with van der Waals surface area (Å²) in [6, 6.07) is 32.8. The molecule has 7 heteroatoms. The van der Waals surface area contributed by atoms with Crippen molar-refractivity contribution in [3.05, 3.63) is 132 Å². The number of pyridine rings is 2. The van der Waals surface area contributed by atoms with Gasteiger partial charge in [0.15, 0.2) is 0 Å². The molecule has 0 aliphatic carbocycles. The van der Waals surface area contributed by atoms with E-state index in [1.54, 1.807) is 30.3 Å². The van der Waals surface area contributed by atoms with Gasteiger partial charge in [0.1, 0.15) is 5.58 Å². The van der Waals surface area contributed by atoms with E-state index in [-0.39, 0.29) is 36.9 Å². The Labute approximate surface area is 291 Å². The number of rotatable bonds is 4. The fraction of sp³-hybridized carbons (Fsp3) is 0.179. The first-order valence-electron chi connectivity index (χ1n) is 18.0. The van der Waals surface area contributed by atoms with Crippen molar-refractivity contribution in [2.75, 3.05) is 0 Å². The molecule has 1 radical (unpaired) electrons. The summed E-state index contributed by atoms with van der Waals surface area (Å²) in [5, 5.41) is 3.37. The Morgan fingerprint density at radius 2 is 1.57 bits per heavy atom. The summed E-state index contributed by atoms with van der Waals surface area (Å²) in [4.78, 5) is 8.34. The van der Waals surface area contributed by atoms with Gasteiger partial charge in [0.2, 0.25) is 0 Å². The smallest absolute Gasteiger partial charge is 0.394 e.